The van der Waals surface area contributed by atoms with Crippen molar-refractivity contribution in [2.75, 3.05) is 7.11 Å². The Hall–Kier alpha value is -2.50. The number of nitrogens with two attached hydrogens (primary N) is 1. The van der Waals surface area contributed by atoms with Gasteiger partial charge < -0.3 is 20.4 Å². The minimum atomic E-state index is -0.0204. The first-order chi connectivity index (χ1) is 18.0. The number of hydrogen-bond donors (Lipinski definition) is 2. The summed E-state index contributed by atoms with van der Waals surface area (Å²) in [7, 11) is 1.72. The summed E-state index contributed by atoms with van der Waals surface area (Å²) in [6.07, 6.45) is 13.3. The number of methoxy groups -OCH3 is 1. The predicted molar refractivity (Wildman–Crippen MR) is 158 cm³/mol. The fourth-order valence-corrected chi connectivity index (χ4v) is 6.54. The van der Waals surface area contributed by atoms with Gasteiger partial charge in [-0.05, 0) is 80.7 Å². The number of halogens is 1. The third kappa shape index (κ3) is 6.73. The monoisotopic (exact) mass is 537 g/mol. The number of ether oxygens (including phenoxy) is 1. The largest absolute Gasteiger partial charge is 0.497 e. The highest BCUT2D eigenvalue weighted by Gasteiger charge is 2.26. The number of rotatable bonds is 8. The molecule has 38 heavy (non-hydrogen) atoms. The molecule has 0 saturated heterocycles. The quantitative estimate of drug-likeness (QED) is 0.329. The van der Waals surface area contributed by atoms with Crippen LogP contribution in [0.2, 0.25) is 0 Å². The number of carbonyl (C=O) groups excluding carboxylic acids is 1. The average Bonchev–Trinajstić information content (AvgIpc) is 3.26. The fourth-order valence-electron chi connectivity index (χ4n) is 6.54. The lowest BCUT2D eigenvalue weighted by atomic mass is 9.86. The normalized spacial score (nSPS) is 21.0. The van der Waals surface area contributed by atoms with Gasteiger partial charge in [0.2, 0.25) is 5.91 Å². The Morgan fingerprint density at radius 1 is 1.05 bits per heavy atom. The molecule has 2 aliphatic carbocycles. The number of benzene rings is 2. The molecule has 5 nitrogen and oxygen atoms in total. The van der Waals surface area contributed by atoms with E-state index in [4.69, 9.17) is 10.5 Å². The molecule has 3 aromatic rings. The van der Waals surface area contributed by atoms with Gasteiger partial charge in [-0.2, -0.15) is 0 Å². The molecule has 206 valence electrons. The second-order valence-corrected chi connectivity index (χ2v) is 11.5. The van der Waals surface area contributed by atoms with Crippen LogP contribution in [0, 0.1) is 12.8 Å². The van der Waals surface area contributed by atoms with Crippen LogP contribution in [0.4, 0.5) is 0 Å². The maximum Gasteiger partial charge on any atom is 0.221 e. The molecule has 2 aromatic carbocycles. The number of aromatic nitrogens is 1. The standard InChI is InChI=1S/C32H43N3O2.ClH/c1-22-7-6-10-24(17-22)28(19-32(36)34-26-13-11-25(33)12-14-26)30-21-35(20-23-8-4-3-5-9-23)31-16-15-27(37-2)18-29(30)31;/h6-7,10,15-18,21,23,25-26,28H,3-5,8-9,11-14,19-20,33H2,1-2H3,(H,34,36);1H. The summed E-state index contributed by atoms with van der Waals surface area (Å²) < 4.78 is 8.08. The van der Waals surface area contributed by atoms with Gasteiger partial charge in [0.05, 0.1) is 7.11 Å². The molecule has 0 radical (unpaired) electrons. The van der Waals surface area contributed by atoms with Gasteiger partial charge in [0.1, 0.15) is 5.75 Å². The number of fused-ring (bicyclic) bond motifs is 1. The zero-order valence-electron chi connectivity index (χ0n) is 23.0. The first-order valence-electron chi connectivity index (χ1n) is 14.3. The Balaban J connectivity index is 0.00000336. The molecule has 5 rings (SSSR count). The number of nitrogens with one attached hydrogen (secondary N) is 1. The van der Waals surface area contributed by atoms with Crippen LogP contribution in [0.15, 0.2) is 48.7 Å². The van der Waals surface area contributed by atoms with Gasteiger partial charge >= 0.3 is 0 Å². The van der Waals surface area contributed by atoms with E-state index >= 15 is 0 Å². The highest BCUT2D eigenvalue weighted by Crippen LogP contribution is 2.38. The van der Waals surface area contributed by atoms with Crippen LogP contribution in [0.3, 0.4) is 0 Å². The third-order valence-corrected chi connectivity index (χ3v) is 8.65. The lowest BCUT2D eigenvalue weighted by molar-refractivity contribution is -0.122. The van der Waals surface area contributed by atoms with Crippen molar-refractivity contribution < 1.29 is 9.53 Å². The van der Waals surface area contributed by atoms with Crippen molar-refractivity contribution in [2.45, 2.75) is 95.7 Å². The van der Waals surface area contributed by atoms with E-state index in [-0.39, 0.29) is 36.3 Å². The zero-order valence-corrected chi connectivity index (χ0v) is 23.8. The third-order valence-electron chi connectivity index (χ3n) is 8.65. The fraction of sp³-hybridized carbons (Fsp3) is 0.531. The van der Waals surface area contributed by atoms with E-state index in [9.17, 15) is 4.79 Å². The summed E-state index contributed by atoms with van der Waals surface area (Å²) in [5, 5.41) is 4.53. The van der Waals surface area contributed by atoms with Gasteiger partial charge in [0.15, 0.2) is 0 Å². The molecule has 1 atom stereocenters. The maximum absolute atomic E-state index is 13.4. The van der Waals surface area contributed by atoms with Crippen molar-refractivity contribution in [1.29, 1.82) is 0 Å². The summed E-state index contributed by atoms with van der Waals surface area (Å²) in [6.45, 7) is 3.17. The van der Waals surface area contributed by atoms with Crippen LogP contribution >= 0.6 is 12.4 Å². The minimum Gasteiger partial charge on any atom is -0.497 e. The molecule has 1 heterocycles. The van der Waals surface area contributed by atoms with Crippen molar-refractivity contribution in [3.05, 3.63) is 65.4 Å². The number of nitrogens with zero attached hydrogens (tertiary/aromatic N) is 1. The highest BCUT2D eigenvalue weighted by atomic mass is 35.5. The SMILES string of the molecule is COc1ccc2c(c1)c(C(CC(=O)NC1CCC(N)CC1)c1cccc(C)c1)cn2CC1CCCCC1.Cl. The van der Waals surface area contributed by atoms with E-state index in [2.05, 4.69) is 65.5 Å². The van der Waals surface area contributed by atoms with Gasteiger partial charge in [-0.1, -0.05) is 49.1 Å². The summed E-state index contributed by atoms with van der Waals surface area (Å²) in [6, 6.07) is 15.6. The van der Waals surface area contributed by atoms with Crippen molar-refractivity contribution in [3.8, 4) is 5.75 Å². The van der Waals surface area contributed by atoms with Gasteiger partial charge in [0.25, 0.3) is 0 Å². The molecular formula is C32H44ClN3O2. The van der Waals surface area contributed by atoms with Crippen molar-refractivity contribution in [1.82, 2.24) is 9.88 Å². The molecule has 1 unspecified atom stereocenters. The molecule has 0 aliphatic heterocycles. The van der Waals surface area contributed by atoms with E-state index in [0.717, 1.165) is 43.9 Å². The van der Waals surface area contributed by atoms with Gasteiger partial charge in [-0.15, -0.1) is 12.4 Å². The topological polar surface area (TPSA) is 69.3 Å². The van der Waals surface area contributed by atoms with Crippen molar-refractivity contribution in [3.63, 3.8) is 0 Å². The molecule has 0 spiro atoms. The van der Waals surface area contributed by atoms with Crippen LogP contribution in [-0.4, -0.2) is 29.7 Å². The van der Waals surface area contributed by atoms with Gasteiger partial charge in [-0.25, -0.2) is 0 Å². The summed E-state index contributed by atoms with van der Waals surface area (Å²) in [4.78, 5) is 13.4. The Bertz CT molecular complexity index is 1210. The molecule has 2 aliphatic rings. The van der Waals surface area contributed by atoms with Crippen LogP contribution < -0.4 is 15.8 Å². The molecule has 1 amide bonds. The predicted octanol–water partition coefficient (Wildman–Crippen LogP) is 6.87. The summed E-state index contributed by atoms with van der Waals surface area (Å²) in [5.74, 6) is 1.68. The van der Waals surface area contributed by atoms with Crippen molar-refractivity contribution in [2.24, 2.45) is 11.7 Å². The van der Waals surface area contributed by atoms with Crippen LogP contribution in [0.1, 0.15) is 86.8 Å². The zero-order chi connectivity index (χ0) is 25.8. The molecule has 1 aromatic heterocycles. The van der Waals surface area contributed by atoms with Crippen LogP contribution in [0.25, 0.3) is 10.9 Å². The average molecular weight is 538 g/mol. The maximum atomic E-state index is 13.4. The second-order valence-electron chi connectivity index (χ2n) is 11.5. The Morgan fingerprint density at radius 2 is 1.82 bits per heavy atom. The van der Waals surface area contributed by atoms with E-state index in [1.807, 2.05) is 0 Å². The number of aryl methyl sites for hydroxylation is 1. The summed E-state index contributed by atoms with van der Waals surface area (Å²) >= 11 is 0. The first-order valence-corrected chi connectivity index (χ1v) is 14.3. The highest BCUT2D eigenvalue weighted by molar-refractivity contribution is 5.88. The number of hydrogen-bond acceptors (Lipinski definition) is 3. The molecular weight excluding hydrogens is 494 g/mol. The van der Waals surface area contributed by atoms with Crippen LogP contribution in [0.5, 0.6) is 5.75 Å². The van der Waals surface area contributed by atoms with Gasteiger partial charge in [-0.3, -0.25) is 4.79 Å². The van der Waals surface area contributed by atoms with Crippen molar-refractivity contribution >= 4 is 29.2 Å². The van der Waals surface area contributed by atoms with E-state index in [1.165, 1.54) is 59.7 Å². The molecule has 3 N–H and O–H groups in total. The Labute approximate surface area is 233 Å². The lowest BCUT2D eigenvalue weighted by Crippen LogP contribution is -2.40. The Kier molecular flexibility index (Phi) is 9.78. The molecule has 0 bridgehead atoms. The van der Waals surface area contributed by atoms with E-state index in [0.29, 0.717) is 6.42 Å². The van der Waals surface area contributed by atoms with E-state index in [1.54, 1.807) is 7.11 Å². The molecule has 2 fully saturated rings. The lowest BCUT2D eigenvalue weighted by Gasteiger charge is -2.27. The molecule has 6 heteroatoms. The van der Waals surface area contributed by atoms with Gasteiger partial charge in [0, 0.05) is 48.1 Å². The summed E-state index contributed by atoms with van der Waals surface area (Å²) in [5.41, 5.74) is 11.0. The Morgan fingerprint density at radius 3 is 2.53 bits per heavy atom. The second kappa shape index (κ2) is 13.0. The van der Waals surface area contributed by atoms with Crippen LogP contribution in [-0.2, 0) is 11.3 Å². The first kappa shape index (κ1) is 28.5. The van der Waals surface area contributed by atoms with E-state index < -0.39 is 0 Å². The number of amides is 1. The minimum absolute atomic E-state index is 0. The molecule has 2 saturated carbocycles. The number of carbonyl (C=O) groups is 1. The smallest absolute Gasteiger partial charge is 0.221 e.